The summed E-state index contributed by atoms with van der Waals surface area (Å²) in [5.41, 5.74) is 1.23. The quantitative estimate of drug-likeness (QED) is 0.369. The van der Waals surface area contributed by atoms with Gasteiger partial charge < -0.3 is 0 Å². The summed E-state index contributed by atoms with van der Waals surface area (Å²) in [5, 5.41) is 4.30. The number of hydrogen-bond acceptors (Lipinski definition) is 2. The van der Waals surface area contributed by atoms with Crippen molar-refractivity contribution in [2.45, 2.75) is 6.42 Å². The van der Waals surface area contributed by atoms with Gasteiger partial charge in [-0.25, -0.2) is 0 Å². The summed E-state index contributed by atoms with van der Waals surface area (Å²) in [5.74, 6) is 1.67. The average Bonchev–Trinajstić information content (AvgIpc) is 2.86. The molecule has 4 aromatic rings. The van der Waals surface area contributed by atoms with Gasteiger partial charge in [-0.3, -0.25) is 0 Å². The van der Waals surface area contributed by atoms with Gasteiger partial charge in [-0.05, 0) is 0 Å². The van der Waals surface area contributed by atoms with Crippen LogP contribution in [0, 0.1) is 0 Å². The van der Waals surface area contributed by atoms with E-state index in [1.165, 1.54) is 21.5 Å². The number of benzene rings is 4. The summed E-state index contributed by atoms with van der Waals surface area (Å²) in [4.78, 5) is 0. The van der Waals surface area contributed by atoms with E-state index in [4.69, 9.17) is 9.47 Å². The van der Waals surface area contributed by atoms with E-state index in [1.807, 2.05) is 6.07 Å². The second-order valence-electron chi connectivity index (χ2n) is 7.72. The molecular formula is C28H29O2P. The molecule has 4 rings (SSSR count). The Kier molecular flexibility index (Phi) is 6.70. The molecule has 3 heteroatoms. The van der Waals surface area contributed by atoms with Crippen molar-refractivity contribution in [2.75, 3.05) is 20.4 Å². The topological polar surface area (TPSA) is 18.5 Å². The molecule has 0 aliphatic carbocycles. The van der Waals surface area contributed by atoms with E-state index in [-0.39, 0.29) is 0 Å². The van der Waals surface area contributed by atoms with Crippen LogP contribution in [0.25, 0.3) is 0 Å². The molecule has 0 radical (unpaired) electrons. The maximum atomic E-state index is 5.51. The fourth-order valence-electron chi connectivity index (χ4n) is 4.44. The van der Waals surface area contributed by atoms with Gasteiger partial charge in [0.2, 0.25) is 0 Å². The Morgan fingerprint density at radius 3 is 1.29 bits per heavy atom. The number of rotatable bonds is 8. The third-order valence-electron chi connectivity index (χ3n) is 6.00. The van der Waals surface area contributed by atoms with Crippen LogP contribution in [0.15, 0.2) is 109 Å². The minimum absolute atomic E-state index is 0.834. The number of aryl methyl sites for hydroxylation is 1. The number of hydrogen-bond donors (Lipinski definition) is 0. The molecule has 0 heterocycles. The molecule has 0 fully saturated rings. The fourth-order valence-corrected chi connectivity index (χ4v) is 9.26. The van der Waals surface area contributed by atoms with Crippen LogP contribution < -0.4 is 25.4 Å². The first-order chi connectivity index (χ1) is 15.3. The molecule has 0 unspecified atom stereocenters. The van der Waals surface area contributed by atoms with Crippen molar-refractivity contribution in [3.05, 3.63) is 115 Å². The average molecular weight is 429 g/mol. The first kappa shape index (κ1) is 21.2. The van der Waals surface area contributed by atoms with Gasteiger partial charge in [-0.2, -0.15) is 0 Å². The van der Waals surface area contributed by atoms with Gasteiger partial charge in [-0.15, -0.1) is 0 Å². The predicted molar refractivity (Wildman–Crippen MR) is 135 cm³/mol. The fraction of sp³-hybridized carbons (Fsp3) is 0.143. The van der Waals surface area contributed by atoms with Crippen LogP contribution in [-0.2, 0) is 6.42 Å². The van der Waals surface area contributed by atoms with Crippen LogP contribution in [0.2, 0.25) is 0 Å². The zero-order valence-corrected chi connectivity index (χ0v) is 19.1. The van der Waals surface area contributed by atoms with Gasteiger partial charge in [0, 0.05) is 0 Å². The summed E-state index contributed by atoms with van der Waals surface area (Å²) >= 11 is 0. The Morgan fingerprint density at radius 1 is 0.548 bits per heavy atom. The van der Waals surface area contributed by atoms with Gasteiger partial charge in [0.1, 0.15) is 0 Å². The molecule has 0 bridgehead atoms. The molecule has 2 nitrogen and oxygen atoms in total. The van der Waals surface area contributed by atoms with Crippen molar-refractivity contribution in [3.8, 4) is 11.5 Å². The summed E-state index contributed by atoms with van der Waals surface area (Å²) in [6.07, 6.45) is 2.00. The summed E-state index contributed by atoms with van der Waals surface area (Å²) in [6, 6.07) is 39.3. The van der Waals surface area contributed by atoms with Gasteiger partial charge in [0.25, 0.3) is 0 Å². The molecule has 31 heavy (non-hydrogen) atoms. The Labute approximate surface area is 185 Å². The molecule has 0 N–H and O–H groups in total. The van der Waals surface area contributed by atoms with Gasteiger partial charge in [-0.1, -0.05) is 0 Å². The molecule has 0 atom stereocenters. The molecular weight excluding hydrogens is 399 g/mol. The van der Waals surface area contributed by atoms with Gasteiger partial charge in [0.05, 0.1) is 0 Å². The van der Waals surface area contributed by atoms with E-state index in [1.54, 1.807) is 14.2 Å². The molecule has 158 valence electrons. The van der Waals surface area contributed by atoms with Crippen molar-refractivity contribution in [1.29, 1.82) is 0 Å². The maximum absolute atomic E-state index is 5.51. The first-order valence-corrected chi connectivity index (χ1v) is 12.9. The van der Waals surface area contributed by atoms with E-state index in [0.29, 0.717) is 0 Å². The minimum atomic E-state index is -2.24. The molecule has 0 saturated carbocycles. The molecule has 0 aliphatic rings. The summed E-state index contributed by atoms with van der Waals surface area (Å²) in [6.45, 7) is 0. The van der Waals surface area contributed by atoms with Crippen LogP contribution in [0.3, 0.4) is 0 Å². The molecule has 0 saturated heterocycles. The summed E-state index contributed by atoms with van der Waals surface area (Å²) < 4.78 is 11.0. The Balaban J connectivity index is 1.85. The van der Waals surface area contributed by atoms with E-state index < -0.39 is 7.26 Å². The van der Waals surface area contributed by atoms with E-state index in [0.717, 1.165) is 24.1 Å². The normalized spacial score (nSPS) is 11.7. The monoisotopic (exact) mass is 428 g/mol. The Hall–Kier alpha value is -3.09. The standard InChI is InChI=1S/C28H29O2P/c1-29-24-20-23(21-25(22-24)30-2)18-19-31(26-12-6-3-7-13-26,27-14-8-4-9-15-27)28-16-10-5-11-17-28/h3-17,20-22,31H,18-19H2,1-2H3. The molecule has 0 spiro atoms. The van der Waals surface area contributed by atoms with Crippen LogP contribution in [-0.4, -0.2) is 20.4 Å². The van der Waals surface area contributed by atoms with Crippen LogP contribution >= 0.6 is 7.26 Å². The molecule has 0 amide bonds. The van der Waals surface area contributed by atoms with E-state index in [2.05, 4.69) is 103 Å². The molecule has 0 aliphatic heterocycles. The zero-order valence-electron chi connectivity index (χ0n) is 18.1. The second kappa shape index (κ2) is 9.81. The van der Waals surface area contributed by atoms with Crippen molar-refractivity contribution in [3.63, 3.8) is 0 Å². The third kappa shape index (κ3) is 4.50. The SMILES string of the molecule is COc1cc(CC[PH](c2ccccc2)(c2ccccc2)c2ccccc2)cc(OC)c1. The second-order valence-corrected chi connectivity index (χ2v) is 11.8. The first-order valence-electron chi connectivity index (χ1n) is 10.6. The molecule has 4 aromatic carbocycles. The van der Waals surface area contributed by atoms with Crippen molar-refractivity contribution < 1.29 is 9.47 Å². The zero-order chi connectivity index (χ0) is 21.5. The molecule has 0 aromatic heterocycles. The Bertz CT molecular complexity index is 977. The number of ether oxygens (including phenoxy) is 2. The van der Waals surface area contributed by atoms with Crippen molar-refractivity contribution in [1.82, 2.24) is 0 Å². The van der Waals surface area contributed by atoms with Crippen LogP contribution in [0.5, 0.6) is 11.5 Å². The number of methoxy groups -OCH3 is 2. The Morgan fingerprint density at radius 2 is 0.935 bits per heavy atom. The van der Waals surface area contributed by atoms with Crippen molar-refractivity contribution in [2.24, 2.45) is 0 Å². The van der Waals surface area contributed by atoms with E-state index in [9.17, 15) is 0 Å². The predicted octanol–water partition coefficient (Wildman–Crippen LogP) is 4.97. The van der Waals surface area contributed by atoms with Crippen LogP contribution in [0.1, 0.15) is 5.56 Å². The van der Waals surface area contributed by atoms with E-state index >= 15 is 0 Å². The van der Waals surface area contributed by atoms with Gasteiger partial charge in [0.15, 0.2) is 0 Å². The van der Waals surface area contributed by atoms with Crippen LogP contribution in [0.4, 0.5) is 0 Å². The van der Waals surface area contributed by atoms with Gasteiger partial charge >= 0.3 is 186 Å². The third-order valence-corrected chi connectivity index (χ3v) is 11.0. The van der Waals surface area contributed by atoms with Crippen molar-refractivity contribution >= 4 is 23.2 Å². The summed E-state index contributed by atoms with van der Waals surface area (Å²) in [7, 11) is 1.16.